The van der Waals surface area contributed by atoms with Crippen LogP contribution in [-0.4, -0.2) is 73.9 Å². The molecule has 1 aromatic carbocycles. The number of benzene rings is 1. The van der Waals surface area contributed by atoms with Gasteiger partial charge in [0, 0.05) is 29.5 Å². The van der Waals surface area contributed by atoms with Crippen molar-refractivity contribution in [3.05, 3.63) is 39.9 Å². The number of primary amides is 1. The highest BCUT2D eigenvalue weighted by Crippen LogP contribution is 2.53. The molecule has 4 aliphatic rings. The maximum atomic E-state index is 15.2. The highest BCUT2D eigenvalue weighted by molar-refractivity contribution is 6.22. The van der Waals surface area contributed by atoms with Crippen molar-refractivity contribution in [1.82, 2.24) is 4.90 Å². The molecule has 0 aromatic heterocycles. The van der Waals surface area contributed by atoms with Gasteiger partial charge in [0.25, 0.3) is 5.91 Å². The minimum absolute atomic E-state index is 0.0994. The van der Waals surface area contributed by atoms with E-state index in [9.17, 15) is 39.6 Å². The number of carbonyl (C=O) groups is 4. The number of aliphatic hydroxyl groups is 3. The Morgan fingerprint density at radius 3 is 2.54 bits per heavy atom. The van der Waals surface area contributed by atoms with E-state index in [1.807, 2.05) is 4.90 Å². The summed E-state index contributed by atoms with van der Waals surface area (Å²) in [5, 5.41) is 46.4. The van der Waals surface area contributed by atoms with E-state index in [1.54, 1.807) is 7.05 Å². The van der Waals surface area contributed by atoms with Gasteiger partial charge in [-0.3, -0.25) is 24.1 Å². The second-order valence-electron chi connectivity index (χ2n) is 10.1. The Bertz CT molecular complexity index is 1350. The molecule has 0 spiro atoms. The van der Waals surface area contributed by atoms with Crippen molar-refractivity contribution in [3.63, 3.8) is 0 Å². The summed E-state index contributed by atoms with van der Waals surface area (Å²) < 4.78 is 15.2. The minimum Gasteiger partial charge on any atom is -0.508 e. The standard InChI is InChI=1S/C25H26FN3O8/c1-29-4-2-3-14(29)24(36)28-13-8-12(26)11-6-9-5-10-7-15(30)18(23(27)35)22(34)25(10,37)21(33)16(9)20(32)17(11)19(13)31/h8-10,14,31-32,34,37H,2-7H2,1H3,(H2,27,35)(H,28,36)/t9?,10-,14?,25-/m0/s1. The molecule has 7 N–H and O–H groups in total. The SMILES string of the molecule is CN1CCCC1C(=O)Nc1cc(F)c2c(c1O)C(O)=C1C(=O)[C@]3(O)C(O)=C(C(N)=O)C(=O)C[C@@H]3CC1C2. The molecule has 3 aliphatic carbocycles. The Morgan fingerprint density at radius 1 is 1.22 bits per heavy atom. The van der Waals surface area contributed by atoms with Crippen LogP contribution in [0.2, 0.25) is 0 Å². The van der Waals surface area contributed by atoms with Gasteiger partial charge in [0.1, 0.15) is 22.9 Å². The largest absolute Gasteiger partial charge is 0.508 e. The lowest BCUT2D eigenvalue weighted by Gasteiger charge is -2.46. The Labute approximate surface area is 210 Å². The summed E-state index contributed by atoms with van der Waals surface area (Å²) in [6.45, 7) is 0.702. The van der Waals surface area contributed by atoms with Crippen LogP contribution in [0.3, 0.4) is 0 Å². The van der Waals surface area contributed by atoms with Gasteiger partial charge in [-0.25, -0.2) is 4.39 Å². The Morgan fingerprint density at radius 2 is 1.92 bits per heavy atom. The van der Waals surface area contributed by atoms with E-state index in [-0.39, 0.29) is 29.7 Å². The molecule has 1 aliphatic heterocycles. The molecule has 37 heavy (non-hydrogen) atoms. The first-order valence-corrected chi connectivity index (χ1v) is 11.9. The van der Waals surface area contributed by atoms with Gasteiger partial charge in [-0.15, -0.1) is 0 Å². The van der Waals surface area contributed by atoms with Gasteiger partial charge in [-0.2, -0.15) is 0 Å². The van der Waals surface area contributed by atoms with Crippen LogP contribution in [0.15, 0.2) is 23.0 Å². The fourth-order valence-corrected chi connectivity index (χ4v) is 6.20. The van der Waals surface area contributed by atoms with Gasteiger partial charge in [-0.1, -0.05) is 0 Å². The predicted molar refractivity (Wildman–Crippen MR) is 126 cm³/mol. The molecule has 5 rings (SSSR count). The molecule has 2 fully saturated rings. The van der Waals surface area contributed by atoms with E-state index >= 15 is 4.39 Å². The molecule has 196 valence electrons. The monoisotopic (exact) mass is 515 g/mol. The van der Waals surface area contributed by atoms with Crippen LogP contribution in [0.5, 0.6) is 5.75 Å². The molecule has 1 aromatic rings. The number of likely N-dealkylation sites (tertiary alicyclic amines) is 1. The highest BCUT2D eigenvalue weighted by atomic mass is 19.1. The van der Waals surface area contributed by atoms with E-state index in [2.05, 4.69) is 5.32 Å². The van der Waals surface area contributed by atoms with Crippen LogP contribution in [0.1, 0.15) is 36.8 Å². The summed E-state index contributed by atoms with van der Waals surface area (Å²) in [5.41, 5.74) is 0.377. The van der Waals surface area contributed by atoms with Gasteiger partial charge in [0.05, 0.1) is 17.3 Å². The van der Waals surface area contributed by atoms with Crippen molar-refractivity contribution in [3.8, 4) is 5.75 Å². The Balaban J connectivity index is 1.60. The summed E-state index contributed by atoms with van der Waals surface area (Å²) in [7, 11) is 1.76. The van der Waals surface area contributed by atoms with Crippen LogP contribution >= 0.6 is 0 Å². The third-order valence-electron chi connectivity index (χ3n) is 8.09. The molecule has 4 atom stereocenters. The summed E-state index contributed by atoms with van der Waals surface area (Å²) in [5.74, 6) is -9.29. The van der Waals surface area contributed by atoms with E-state index in [4.69, 9.17) is 5.73 Å². The average molecular weight is 515 g/mol. The predicted octanol–water partition coefficient (Wildman–Crippen LogP) is 0.596. The van der Waals surface area contributed by atoms with Gasteiger partial charge in [0.2, 0.25) is 11.7 Å². The molecule has 0 radical (unpaired) electrons. The number of fused-ring (bicyclic) bond motifs is 3. The third kappa shape index (κ3) is 3.46. The number of nitrogens with one attached hydrogen (secondary N) is 1. The van der Waals surface area contributed by atoms with Gasteiger partial charge >= 0.3 is 0 Å². The van der Waals surface area contributed by atoms with Crippen molar-refractivity contribution in [1.29, 1.82) is 0 Å². The first-order valence-electron chi connectivity index (χ1n) is 11.9. The maximum Gasteiger partial charge on any atom is 0.255 e. The number of aliphatic hydroxyl groups excluding tert-OH is 2. The van der Waals surface area contributed by atoms with Gasteiger partial charge < -0.3 is 31.5 Å². The number of halogens is 1. The number of phenols is 1. The molecule has 12 heteroatoms. The van der Waals surface area contributed by atoms with Crippen LogP contribution in [0.4, 0.5) is 10.1 Å². The van der Waals surface area contributed by atoms with E-state index in [1.165, 1.54) is 0 Å². The van der Waals surface area contributed by atoms with Gasteiger partial charge in [0.15, 0.2) is 17.1 Å². The van der Waals surface area contributed by atoms with E-state index in [0.717, 1.165) is 12.5 Å². The number of hydrogen-bond donors (Lipinski definition) is 6. The molecular formula is C25H26FN3O8. The smallest absolute Gasteiger partial charge is 0.255 e. The summed E-state index contributed by atoms with van der Waals surface area (Å²) in [6.07, 6.45) is 0.650. The van der Waals surface area contributed by atoms with Crippen LogP contribution in [-0.2, 0) is 25.6 Å². The fourth-order valence-electron chi connectivity index (χ4n) is 6.20. The number of likely N-dealkylation sites (N-methyl/N-ethyl adjacent to an activating group) is 1. The number of rotatable bonds is 3. The highest BCUT2D eigenvalue weighted by Gasteiger charge is 2.60. The molecule has 2 unspecified atom stereocenters. The minimum atomic E-state index is -2.71. The molecule has 1 heterocycles. The Hall–Kier alpha value is -3.77. The van der Waals surface area contributed by atoms with Crippen LogP contribution in [0.25, 0.3) is 5.76 Å². The average Bonchev–Trinajstić information content (AvgIpc) is 3.25. The molecule has 0 bridgehead atoms. The number of aromatic hydroxyl groups is 1. The summed E-state index contributed by atoms with van der Waals surface area (Å²) in [6, 6.07) is 0.460. The molecular weight excluding hydrogens is 489 g/mol. The maximum absolute atomic E-state index is 15.2. The fraction of sp³-hybridized carbons (Fsp3) is 0.440. The first-order chi connectivity index (χ1) is 17.4. The van der Waals surface area contributed by atoms with Gasteiger partial charge in [-0.05, 0) is 45.2 Å². The second-order valence-corrected chi connectivity index (χ2v) is 10.1. The Kier molecular flexibility index (Phi) is 5.64. The van der Waals surface area contributed by atoms with Crippen molar-refractivity contribution in [2.45, 2.75) is 43.7 Å². The normalized spacial score (nSPS) is 29.6. The zero-order valence-electron chi connectivity index (χ0n) is 19.9. The number of ketones is 2. The number of anilines is 1. The number of nitrogens with zero attached hydrogens (tertiary/aromatic N) is 1. The molecule has 1 saturated carbocycles. The number of phenolic OH excluding ortho intramolecular Hbond substituents is 1. The van der Waals surface area contributed by atoms with Crippen molar-refractivity contribution in [2.75, 3.05) is 18.9 Å². The lowest BCUT2D eigenvalue weighted by molar-refractivity contribution is -0.147. The van der Waals surface area contributed by atoms with Crippen molar-refractivity contribution >= 4 is 34.8 Å². The lowest BCUT2D eigenvalue weighted by atomic mass is 9.59. The number of nitrogens with two attached hydrogens (primary N) is 1. The van der Waals surface area contributed by atoms with Crippen LogP contribution < -0.4 is 11.1 Å². The van der Waals surface area contributed by atoms with Crippen molar-refractivity contribution in [2.24, 2.45) is 17.6 Å². The lowest BCUT2D eigenvalue weighted by Crippen LogP contribution is -2.58. The quantitative estimate of drug-likeness (QED) is 0.247. The topological polar surface area (TPSA) is 190 Å². The summed E-state index contributed by atoms with van der Waals surface area (Å²) >= 11 is 0. The zero-order valence-corrected chi connectivity index (χ0v) is 19.9. The molecule has 2 amide bonds. The molecule has 11 nitrogen and oxygen atoms in total. The van der Waals surface area contributed by atoms with E-state index in [0.29, 0.717) is 13.0 Å². The number of carbonyl (C=O) groups excluding carboxylic acids is 4. The van der Waals surface area contributed by atoms with Crippen molar-refractivity contribution < 1.29 is 44.0 Å². The number of amides is 2. The summed E-state index contributed by atoms with van der Waals surface area (Å²) in [4.78, 5) is 52.2. The van der Waals surface area contributed by atoms with E-state index < -0.39 is 87.5 Å². The number of Topliss-reactive ketones (excluding diaryl/α,β-unsaturated/α-hetero) is 2. The second kappa shape index (κ2) is 8.38. The first kappa shape index (κ1) is 24.9. The molecule has 1 saturated heterocycles. The zero-order chi connectivity index (χ0) is 27.0. The number of hydrogen-bond acceptors (Lipinski definition) is 9. The van der Waals surface area contributed by atoms with Crippen LogP contribution in [0, 0.1) is 17.7 Å². The third-order valence-corrected chi connectivity index (χ3v) is 8.09.